The average Bonchev–Trinajstić information content (AvgIpc) is 2.27. The van der Waals surface area contributed by atoms with Crippen LogP contribution in [-0.2, 0) is 14.4 Å². The highest BCUT2D eigenvalue weighted by Crippen LogP contribution is 2.18. The molecule has 1 atom stereocenters. The normalized spacial score (nSPS) is 20.4. The molecule has 0 saturated carbocycles. The van der Waals surface area contributed by atoms with Crippen LogP contribution in [0.25, 0.3) is 0 Å². The zero-order chi connectivity index (χ0) is 13.0. The molecule has 0 aromatic carbocycles. The van der Waals surface area contributed by atoms with Gasteiger partial charge in [0.15, 0.2) is 0 Å². The lowest BCUT2D eigenvalue weighted by molar-refractivity contribution is -0.155. The number of carboxylic acid groups (broad SMARTS) is 1. The van der Waals surface area contributed by atoms with Crippen molar-refractivity contribution in [1.29, 1.82) is 0 Å². The largest absolute Gasteiger partial charge is 0.480 e. The Balaban J connectivity index is 2.71. The van der Waals surface area contributed by atoms with Crippen molar-refractivity contribution >= 4 is 17.7 Å². The van der Waals surface area contributed by atoms with Crippen molar-refractivity contribution in [2.75, 3.05) is 6.54 Å². The molecule has 1 rings (SSSR count). The number of carbonyl (C=O) groups excluding carboxylic acids is 2. The van der Waals surface area contributed by atoms with Crippen molar-refractivity contribution in [2.45, 2.75) is 45.6 Å². The van der Waals surface area contributed by atoms with E-state index < -0.39 is 23.7 Å². The van der Waals surface area contributed by atoms with E-state index >= 15 is 0 Å². The summed E-state index contributed by atoms with van der Waals surface area (Å²) in [5.41, 5.74) is 0. The van der Waals surface area contributed by atoms with Crippen LogP contribution in [0.2, 0.25) is 0 Å². The highest BCUT2D eigenvalue weighted by molar-refractivity contribution is 6.36. The molecule has 1 unspecified atom stereocenters. The van der Waals surface area contributed by atoms with E-state index in [0.717, 1.165) is 12.8 Å². The van der Waals surface area contributed by atoms with Gasteiger partial charge in [0.25, 0.3) is 5.91 Å². The lowest BCUT2D eigenvalue weighted by atomic mass is 10.00. The van der Waals surface area contributed by atoms with E-state index in [9.17, 15) is 14.4 Å². The Morgan fingerprint density at radius 1 is 1.29 bits per heavy atom. The molecule has 1 aliphatic heterocycles. The van der Waals surface area contributed by atoms with Crippen LogP contribution >= 0.6 is 0 Å². The van der Waals surface area contributed by atoms with E-state index in [0.29, 0.717) is 13.0 Å². The Kier molecular flexibility index (Phi) is 4.66. The standard InChI is InChI=1S/C12H19NO4/c1-8(2)7-10(14)11(15)13-6-4-3-5-9(13)12(16)17/h8-9H,3-7H2,1-2H3,(H,16,17). The fraction of sp³-hybridized carbons (Fsp3) is 0.750. The Bertz CT molecular complexity index is 324. The van der Waals surface area contributed by atoms with Crippen molar-refractivity contribution in [3.63, 3.8) is 0 Å². The van der Waals surface area contributed by atoms with Crippen molar-refractivity contribution in [3.8, 4) is 0 Å². The molecule has 1 saturated heterocycles. The zero-order valence-corrected chi connectivity index (χ0v) is 10.3. The van der Waals surface area contributed by atoms with Gasteiger partial charge in [-0.1, -0.05) is 13.8 Å². The molecule has 1 N–H and O–H groups in total. The first-order chi connectivity index (χ1) is 7.93. The van der Waals surface area contributed by atoms with Gasteiger partial charge >= 0.3 is 5.97 Å². The van der Waals surface area contributed by atoms with Crippen LogP contribution in [0.15, 0.2) is 0 Å². The highest BCUT2D eigenvalue weighted by Gasteiger charge is 2.34. The number of likely N-dealkylation sites (tertiary alicyclic amines) is 1. The number of hydrogen-bond donors (Lipinski definition) is 1. The number of hydrogen-bond acceptors (Lipinski definition) is 3. The predicted molar refractivity (Wildman–Crippen MR) is 61.4 cm³/mol. The second-order valence-electron chi connectivity index (χ2n) is 4.87. The Hall–Kier alpha value is -1.39. The second kappa shape index (κ2) is 5.80. The molecule has 0 aromatic rings. The van der Waals surface area contributed by atoms with E-state index in [-0.39, 0.29) is 12.3 Å². The summed E-state index contributed by atoms with van der Waals surface area (Å²) in [6.07, 6.45) is 2.18. The number of piperidine rings is 1. The topological polar surface area (TPSA) is 74.7 Å². The summed E-state index contributed by atoms with van der Waals surface area (Å²) in [7, 11) is 0. The third-order valence-corrected chi connectivity index (χ3v) is 2.88. The molecule has 1 fully saturated rings. The van der Waals surface area contributed by atoms with Gasteiger partial charge in [-0.15, -0.1) is 0 Å². The van der Waals surface area contributed by atoms with Gasteiger partial charge in [0, 0.05) is 13.0 Å². The van der Waals surface area contributed by atoms with Crippen molar-refractivity contribution in [2.24, 2.45) is 5.92 Å². The molecule has 96 valence electrons. The molecule has 5 nitrogen and oxygen atoms in total. The minimum absolute atomic E-state index is 0.111. The summed E-state index contributed by atoms with van der Waals surface area (Å²) in [6, 6.07) is -0.827. The average molecular weight is 241 g/mol. The van der Waals surface area contributed by atoms with E-state index in [2.05, 4.69) is 0 Å². The summed E-state index contributed by atoms with van der Waals surface area (Å²) in [5.74, 6) is -2.02. The first-order valence-electron chi connectivity index (χ1n) is 6.00. The molecular weight excluding hydrogens is 222 g/mol. The summed E-state index contributed by atoms with van der Waals surface area (Å²) in [6.45, 7) is 4.09. The molecule has 0 bridgehead atoms. The Morgan fingerprint density at radius 3 is 2.47 bits per heavy atom. The number of Topliss-reactive ketones (excluding diaryl/α,β-unsaturated/α-hetero) is 1. The van der Waals surface area contributed by atoms with E-state index in [1.165, 1.54) is 4.90 Å². The quantitative estimate of drug-likeness (QED) is 0.747. The van der Waals surface area contributed by atoms with Crippen molar-refractivity contribution in [1.82, 2.24) is 4.90 Å². The lowest BCUT2D eigenvalue weighted by Gasteiger charge is -2.32. The minimum atomic E-state index is -1.02. The number of aliphatic carboxylic acids is 1. The first-order valence-corrected chi connectivity index (χ1v) is 6.00. The smallest absolute Gasteiger partial charge is 0.326 e. The summed E-state index contributed by atoms with van der Waals surface area (Å²) >= 11 is 0. The fourth-order valence-corrected chi connectivity index (χ4v) is 2.05. The van der Waals surface area contributed by atoms with Gasteiger partial charge in [-0.05, 0) is 25.2 Å². The maximum Gasteiger partial charge on any atom is 0.326 e. The van der Waals surface area contributed by atoms with Crippen LogP contribution in [0.1, 0.15) is 39.5 Å². The molecule has 0 radical (unpaired) electrons. The molecule has 1 heterocycles. The molecule has 5 heteroatoms. The van der Waals surface area contributed by atoms with Gasteiger partial charge in [-0.2, -0.15) is 0 Å². The van der Waals surface area contributed by atoms with Crippen LogP contribution in [0.4, 0.5) is 0 Å². The predicted octanol–water partition coefficient (Wildman–Crippen LogP) is 1.07. The zero-order valence-electron chi connectivity index (χ0n) is 10.3. The van der Waals surface area contributed by atoms with Gasteiger partial charge in [0.2, 0.25) is 5.78 Å². The lowest BCUT2D eigenvalue weighted by Crippen LogP contribution is -2.50. The van der Waals surface area contributed by atoms with Crippen LogP contribution in [-0.4, -0.2) is 40.3 Å². The SMILES string of the molecule is CC(C)CC(=O)C(=O)N1CCCCC1C(=O)O. The third-order valence-electron chi connectivity index (χ3n) is 2.88. The monoisotopic (exact) mass is 241 g/mol. The van der Waals surface area contributed by atoms with Gasteiger partial charge in [-0.25, -0.2) is 4.79 Å². The maximum absolute atomic E-state index is 11.9. The first kappa shape index (κ1) is 13.7. The minimum Gasteiger partial charge on any atom is -0.480 e. The van der Waals surface area contributed by atoms with E-state index in [4.69, 9.17) is 5.11 Å². The van der Waals surface area contributed by atoms with Crippen LogP contribution in [0.3, 0.4) is 0 Å². The number of carbonyl (C=O) groups is 3. The fourth-order valence-electron chi connectivity index (χ4n) is 2.05. The molecule has 0 aromatic heterocycles. The third kappa shape index (κ3) is 3.54. The number of ketones is 1. The molecule has 1 amide bonds. The molecule has 0 aliphatic carbocycles. The van der Waals surface area contributed by atoms with Crippen molar-refractivity contribution in [3.05, 3.63) is 0 Å². The van der Waals surface area contributed by atoms with Crippen molar-refractivity contribution < 1.29 is 19.5 Å². The molecule has 0 spiro atoms. The van der Waals surface area contributed by atoms with E-state index in [1.807, 2.05) is 13.8 Å². The number of rotatable bonds is 4. The Morgan fingerprint density at radius 2 is 1.94 bits per heavy atom. The summed E-state index contributed by atoms with van der Waals surface area (Å²) in [4.78, 5) is 35.7. The van der Waals surface area contributed by atoms with Gasteiger partial charge in [0.1, 0.15) is 6.04 Å². The second-order valence-corrected chi connectivity index (χ2v) is 4.87. The maximum atomic E-state index is 11.9. The summed E-state index contributed by atoms with van der Waals surface area (Å²) < 4.78 is 0. The summed E-state index contributed by atoms with van der Waals surface area (Å²) in [5, 5.41) is 9.02. The van der Waals surface area contributed by atoms with Gasteiger partial charge < -0.3 is 10.0 Å². The number of amides is 1. The van der Waals surface area contributed by atoms with Crippen LogP contribution < -0.4 is 0 Å². The van der Waals surface area contributed by atoms with E-state index in [1.54, 1.807) is 0 Å². The van der Waals surface area contributed by atoms with Crippen LogP contribution in [0.5, 0.6) is 0 Å². The molecule has 1 aliphatic rings. The van der Waals surface area contributed by atoms with Crippen LogP contribution in [0, 0.1) is 5.92 Å². The molecule has 17 heavy (non-hydrogen) atoms. The number of nitrogens with zero attached hydrogens (tertiary/aromatic N) is 1. The van der Waals surface area contributed by atoms with Gasteiger partial charge in [-0.3, -0.25) is 9.59 Å². The highest BCUT2D eigenvalue weighted by atomic mass is 16.4. The van der Waals surface area contributed by atoms with Gasteiger partial charge in [0.05, 0.1) is 0 Å². The number of carboxylic acids is 1. The molecular formula is C12H19NO4. The Labute approximate surface area is 101 Å².